The Labute approximate surface area is 82.7 Å². The van der Waals surface area contributed by atoms with Crippen molar-refractivity contribution in [2.75, 3.05) is 6.54 Å². The fraction of sp³-hybridized carbons (Fsp3) is 0.778. The summed E-state index contributed by atoms with van der Waals surface area (Å²) in [4.78, 5) is 22.1. The molecule has 0 aromatic rings. The van der Waals surface area contributed by atoms with Gasteiger partial charge in [0.2, 0.25) is 5.91 Å². The van der Waals surface area contributed by atoms with Crippen molar-refractivity contribution in [3.63, 3.8) is 0 Å². The normalized spacial score (nSPS) is 19.9. The van der Waals surface area contributed by atoms with Crippen molar-refractivity contribution in [2.45, 2.75) is 25.8 Å². The van der Waals surface area contributed by atoms with Crippen LogP contribution in [-0.2, 0) is 9.59 Å². The Morgan fingerprint density at radius 2 is 2.14 bits per heavy atom. The Kier molecular flexibility index (Phi) is 3.46. The molecule has 1 saturated carbocycles. The first-order valence-corrected chi connectivity index (χ1v) is 4.79. The highest BCUT2D eigenvalue weighted by Crippen LogP contribution is 2.32. The Balaban J connectivity index is 2.46. The molecule has 1 aliphatic carbocycles. The van der Waals surface area contributed by atoms with Gasteiger partial charge in [-0.25, -0.2) is 4.79 Å². The van der Waals surface area contributed by atoms with Crippen LogP contribution in [0.15, 0.2) is 0 Å². The Hall–Kier alpha value is -1.10. The van der Waals surface area contributed by atoms with Gasteiger partial charge >= 0.3 is 5.97 Å². The topological polar surface area (TPSA) is 92.4 Å². The van der Waals surface area contributed by atoms with Gasteiger partial charge < -0.3 is 16.2 Å². The molecule has 14 heavy (non-hydrogen) atoms. The van der Waals surface area contributed by atoms with E-state index in [0.29, 0.717) is 0 Å². The van der Waals surface area contributed by atoms with Crippen LogP contribution in [0.4, 0.5) is 0 Å². The number of amides is 1. The largest absolute Gasteiger partial charge is 0.480 e. The number of hydrogen-bond acceptors (Lipinski definition) is 3. The van der Waals surface area contributed by atoms with Crippen LogP contribution >= 0.6 is 0 Å². The van der Waals surface area contributed by atoms with Crippen molar-refractivity contribution in [2.24, 2.45) is 17.6 Å². The van der Waals surface area contributed by atoms with E-state index in [-0.39, 0.29) is 24.3 Å². The second-order valence-electron chi connectivity index (χ2n) is 3.80. The lowest BCUT2D eigenvalue weighted by Gasteiger charge is -2.16. The summed E-state index contributed by atoms with van der Waals surface area (Å²) in [6.07, 6.45) is 1.77. The van der Waals surface area contributed by atoms with Crippen molar-refractivity contribution >= 4 is 11.9 Å². The summed E-state index contributed by atoms with van der Waals surface area (Å²) in [6.45, 7) is 1.92. The highest BCUT2D eigenvalue weighted by molar-refractivity contribution is 5.85. The van der Waals surface area contributed by atoms with E-state index in [1.807, 2.05) is 0 Å². The van der Waals surface area contributed by atoms with Crippen LogP contribution in [0.3, 0.4) is 0 Å². The molecular weight excluding hydrogens is 184 g/mol. The molecule has 0 heterocycles. The minimum absolute atomic E-state index is 0.112. The molecule has 0 bridgehead atoms. The summed E-state index contributed by atoms with van der Waals surface area (Å²) in [5, 5.41) is 11.4. The van der Waals surface area contributed by atoms with E-state index in [1.165, 1.54) is 0 Å². The summed E-state index contributed by atoms with van der Waals surface area (Å²) >= 11 is 0. The minimum atomic E-state index is -0.954. The standard InChI is InChI=1S/C9H16N2O3/c1-5(4-10)8(12)11-7(9(13)14)6-2-3-6/h5-7H,2-4,10H2,1H3,(H,11,12)(H,13,14). The molecule has 2 unspecified atom stereocenters. The number of hydrogen-bond donors (Lipinski definition) is 3. The van der Waals surface area contributed by atoms with E-state index >= 15 is 0 Å². The molecule has 1 fully saturated rings. The molecule has 2 atom stereocenters. The van der Waals surface area contributed by atoms with Gasteiger partial charge in [0.25, 0.3) is 0 Å². The van der Waals surface area contributed by atoms with Gasteiger partial charge in [-0.05, 0) is 18.8 Å². The number of carboxylic acid groups (broad SMARTS) is 1. The Bertz CT molecular complexity index is 238. The second-order valence-corrected chi connectivity index (χ2v) is 3.80. The molecule has 1 rings (SSSR count). The van der Waals surface area contributed by atoms with Crippen LogP contribution in [0.1, 0.15) is 19.8 Å². The van der Waals surface area contributed by atoms with E-state index in [1.54, 1.807) is 6.92 Å². The first-order valence-electron chi connectivity index (χ1n) is 4.79. The lowest BCUT2D eigenvalue weighted by Crippen LogP contribution is -2.45. The number of carboxylic acids is 1. The summed E-state index contributed by atoms with van der Waals surface area (Å²) in [6, 6.07) is -0.725. The van der Waals surface area contributed by atoms with Crippen LogP contribution in [-0.4, -0.2) is 29.6 Å². The zero-order valence-electron chi connectivity index (χ0n) is 8.19. The van der Waals surface area contributed by atoms with E-state index < -0.39 is 12.0 Å². The number of rotatable bonds is 5. The number of nitrogens with two attached hydrogens (primary N) is 1. The average Bonchev–Trinajstić information content (AvgIpc) is 2.95. The third-order valence-corrected chi connectivity index (χ3v) is 2.46. The SMILES string of the molecule is CC(CN)C(=O)NC(C(=O)O)C1CC1. The van der Waals surface area contributed by atoms with Crippen molar-refractivity contribution in [1.29, 1.82) is 0 Å². The second kappa shape index (κ2) is 4.41. The molecule has 5 heteroatoms. The van der Waals surface area contributed by atoms with E-state index in [2.05, 4.69) is 5.32 Å². The Morgan fingerprint density at radius 1 is 1.57 bits per heavy atom. The van der Waals surface area contributed by atoms with Crippen LogP contribution in [0, 0.1) is 11.8 Å². The van der Waals surface area contributed by atoms with Crippen LogP contribution in [0.5, 0.6) is 0 Å². The lowest BCUT2D eigenvalue weighted by molar-refractivity contribution is -0.143. The third kappa shape index (κ3) is 2.70. The maximum absolute atomic E-state index is 11.4. The number of nitrogens with one attached hydrogen (secondary N) is 1. The predicted molar refractivity (Wildman–Crippen MR) is 50.5 cm³/mol. The predicted octanol–water partition coefficient (Wildman–Crippen LogP) is -0.439. The molecule has 0 radical (unpaired) electrons. The van der Waals surface area contributed by atoms with Gasteiger partial charge in [0.1, 0.15) is 6.04 Å². The summed E-state index contributed by atoms with van der Waals surface area (Å²) in [7, 11) is 0. The zero-order valence-corrected chi connectivity index (χ0v) is 8.19. The Morgan fingerprint density at radius 3 is 2.50 bits per heavy atom. The molecule has 0 spiro atoms. The van der Waals surface area contributed by atoms with Crippen LogP contribution in [0.2, 0.25) is 0 Å². The highest BCUT2D eigenvalue weighted by Gasteiger charge is 2.37. The van der Waals surface area contributed by atoms with Crippen molar-refractivity contribution in [1.82, 2.24) is 5.32 Å². The van der Waals surface area contributed by atoms with Crippen LogP contribution < -0.4 is 11.1 Å². The van der Waals surface area contributed by atoms with E-state index in [0.717, 1.165) is 12.8 Å². The molecule has 5 nitrogen and oxygen atoms in total. The van der Waals surface area contributed by atoms with Gasteiger partial charge in [0.05, 0.1) is 0 Å². The van der Waals surface area contributed by atoms with Crippen molar-refractivity contribution < 1.29 is 14.7 Å². The fourth-order valence-electron chi connectivity index (χ4n) is 1.21. The molecule has 0 aromatic heterocycles. The van der Waals surface area contributed by atoms with Crippen molar-refractivity contribution in [3.8, 4) is 0 Å². The van der Waals surface area contributed by atoms with Gasteiger partial charge in [-0.1, -0.05) is 6.92 Å². The summed E-state index contributed by atoms with van der Waals surface area (Å²) < 4.78 is 0. The van der Waals surface area contributed by atoms with E-state index in [9.17, 15) is 9.59 Å². The monoisotopic (exact) mass is 200 g/mol. The molecule has 0 aliphatic heterocycles. The highest BCUT2D eigenvalue weighted by atomic mass is 16.4. The molecule has 1 aliphatic rings. The van der Waals surface area contributed by atoms with Crippen LogP contribution in [0.25, 0.3) is 0 Å². The number of aliphatic carboxylic acids is 1. The quantitative estimate of drug-likeness (QED) is 0.561. The fourth-order valence-corrected chi connectivity index (χ4v) is 1.21. The maximum atomic E-state index is 11.4. The minimum Gasteiger partial charge on any atom is -0.480 e. The number of carbonyl (C=O) groups excluding carboxylic acids is 1. The molecule has 0 saturated heterocycles. The molecule has 80 valence electrons. The first kappa shape index (κ1) is 11.0. The first-order chi connectivity index (χ1) is 6.56. The average molecular weight is 200 g/mol. The van der Waals surface area contributed by atoms with Gasteiger partial charge in [-0.15, -0.1) is 0 Å². The van der Waals surface area contributed by atoms with Crippen molar-refractivity contribution in [3.05, 3.63) is 0 Å². The number of carbonyl (C=O) groups is 2. The smallest absolute Gasteiger partial charge is 0.326 e. The van der Waals surface area contributed by atoms with E-state index in [4.69, 9.17) is 10.8 Å². The summed E-state index contributed by atoms with van der Waals surface area (Å²) in [5.74, 6) is -1.44. The maximum Gasteiger partial charge on any atom is 0.326 e. The summed E-state index contributed by atoms with van der Waals surface area (Å²) in [5.41, 5.74) is 5.31. The van der Waals surface area contributed by atoms with Gasteiger partial charge in [-0.2, -0.15) is 0 Å². The van der Waals surface area contributed by atoms with Gasteiger partial charge in [0.15, 0.2) is 0 Å². The molecular formula is C9H16N2O3. The third-order valence-electron chi connectivity index (χ3n) is 2.46. The molecule has 4 N–H and O–H groups in total. The lowest BCUT2D eigenvalue weighted by atomic mass is 10.1. The van der Waals surface area contributed by atoms with Gasteiger partial charge in [0, 0.05) is 12.5 Å². The zero-order chi connectivity index (χ0) is 10.7. The van der Waals surface area contributed by atoms with Gasteiger partial charge in [-0.3, -0.25) is 4.79 Å². The molecule has 1 amide bonds. The molecule has 0 aromatic carbocycles.